The number of amides is 1. The van der Waals surface area contributed by atoms with Crippen molar-refractivity contribution >= 4 is 13.7 Å². The summed E-state index contributed by atoms with van der Waals surface area (Å²) in [4.78, 5) is 21.5. The van der Waals surface area contributed by atoms with E-state index in [1.165, 1.54) is 0 Å². The second-order valence-corrected chi connectivity index (χ2v) is 4.60. The van der Waals surface area contributed by atoms with Crippen molar-refractivity contribution in [3.63, 3.8) is 0 Å². The van der Waals surface area contributed by atoms with Crippen molar-refractivity contribution in [3.05, 3.63) is 35.9 Å². The van der Waals surface area contributed by atoms with E-state index in [1.807, 2.05) is 30.3 Å². The van der Waals surface area contributed by atoms with Crippen molar-refractivity contribution in [2.45, 2.75) is 13.3 Å². The summed E-state index contributed by atoms with van der Waals surface area (Å²) in [5.41, 5.74) is 2.65. The number of phosphoric acid groups is 1. The molecule has 0 radical (unpaired) electrons. The number of nitrogens with one attached hydrogen (secondary N) is 1. The van der Waals surface area contributed by atoms with Gasteiger partial charge in [0.1, 0.15) is 0 Å². The van der Waals surface area contributed by atoms with Crippen LogP contribution < -0.4 is 10.4 Å². The minimum absolute atomic E-state index is 0.0373. The first-order valence-electron chi connectivity index (χ1n) is 4.94. The summed E-state index contributed by atoms with van der Waals surface area (Å²) in [5, 5.41) is 0. The quantitative estimate of drug-likeness (QED) is 0.601. The van der Waals surface area contributed by atoms with Gasteiger partial charge in [0.25, 0.3) is 7.82 Å². The molecule has 0 aliphatic carbocycles. The molecule has 1 aromatic rings. The minimum Gasteiger partial charge on any atom is -0.755 e. The Morgan fingerprint density at radius 3 is 2.65 bits per heavy atom. The van der Waals surface area contributed by atoms with Crippen LogP contribution in [0.15, 0.2) is 30.3 Å². The SMILES string of the molecule is CC(=O)NOP(=O)([O-])OCCc1ccccc1. The van der Waals surface area contributed by atoms with E-state index in [-0.39, 0.29) is 6.61 Å². The number of benzene rings is 1. The van der Waals surface area contributed by atoms with Gasteiger partial charge in [0.05, 0.1) is 6.61 Å². The van der Waals surface area contributed by atoms with Gasteiger partial charge in [-0.1, -0.05) is 30.3 Å². The van der Waals surface area contributed by atoms with Crippen LogP contribution in [0.4, 0.5) is 0 Å². The summed E-state index contributed by atoms with van der Waals surface area (Å²) in [6.45, 7) is 1.09. The van der Waals surface area contributed by atoms with Crippen molar-refractivity contribution in [2.24, 2.45) is 0 Å². The second kappa shape index (κ2) is 6.51. The summed E-state index contributed by atoms with van der Waals surface area (Å²) in [7, 11) is -4.47. The van der Waals surface area contributed by atoms with E-state index in [0.29, 0.717) is 6.42 Å². The number of hydroxylamine groups is 1. The first kappa shape index (κ1) is 13.9. The van der Waals surface area contributed by atoms with E-state index in [2.05, 4.69) is 9.15 Å². The normalized spacial score (nSPS) is 14.0. The highest BCUT2D eigenvalue weighted by atomic mass is 31.2. The molecular weight excluding hydrogens is 245 g/mol. The highest BCUT2D eigenvalue weighted by Crippen LogP contribution is 2.36. The molecule has 1 atom stereocenters. The zero-order chi connectivity index (χ0) is 12.7. The van der Waals surface area contributed by atoms with Crippen LogP contribution in [-0.2, 0) is 24.9 Å². The Morgan fingerprint density at radius 1 is 1.41 bits per heavy atom. The fraction of sp³-hybridized carbons (Fsp3) is 0.300. The lowest BCUT2D eigenvalue weighted by molar-refractivity contribution is -0.231. The molecule has 1 N–H and O–H groups in total. The predicted octanol–water partition coefficient (Wildman–Crippen LogP) is 0.782. The average Bonchev–Trinajstić information content (AvgIpc) is 2.28. The lowest BCUT2D eigenvalue weighted by Gasteiger charge is -2.21. The molecule has 1 unspecified atom stereocenters. The molecule has 0 saturated heterocycles. The standard InChI is InChI=1S/C10H14NO5P/c1-9(12)11-16-17(13,14)15-8-7-10-5-3-2-4-6-10/h2-6H,7-8H2,1H3,(H,11,12)(H,13,14)/p-1. The summed E-state index contributed by atoms with van der Waals surface area (Å²) in [5.74, 6) is -0.618. The average molecular weight is 258 g/mol. The fourth-order valence-electron chi connectivity index (χ4n) is 1.07. The molecular formula is C10H13NO5P-. The number of hydrogen-bond acceptors (Lipinski definition) is 5. The van der Waals surface area contributed by atoms with Gasteiger partial charge in [-0.3, -0.25) is 9.36 Å². The maximum atomic E-state index is 11.1. The van der Waals surface area contributed by atoms with Crippen molar-refractivity contribution < 1.29 is 23.4 Å². The third-order valence-electron chi connectivity index (χ3n) is 1.78. The first-order valence-corrected chi connectivity index (χ1v) is 6.40. The largest absolute Gasteiger partial charge is 0.755 e. The Hall–Kier alpha value is -1.20. The number of rotatable bonds is 6. The van der Waals surface area contributed by atoms with Crippen molar-refractivity contribution in [1.29, 1.82) is 0 Å². The van der Waals surface area contributed by atoms with Crippen LogP contribution in [-0.4, -0.2) is 12.5 Å². The highest BCUT2D eigenvalue weighted by Gasteiger charge is 2.10. The third kappa shape index (κ3) is 6.19. The molecule has 0 spiro atoms. The van der Waals surface area contributed by atoms with Gasteiger partial charge < -0.3 is 9.42 Å². The van der Waals surface area contributed by atoms with E-state index in [1.54, 1.807) is 5.48 Å². The molecule has 6 nitrogen and oxygen atoms in total. The summed E-state index contributed by atoms with van der Waals surface area (Å²) < 4.78 is 19.7. The van der Waals surface area contributed by atoms with E-state index < -0.39 is 13.7 Å². The monoisotopic (exact) mass is 258 g/mol. The molecule has 1 amide bonds. The molecule has 0 aliphatic rings. The molecule has 17 heavy (non-hydrogen) atoms. The van der Waals surface area contributed by atoms with E-state index in [0.717, 1.165) is 12.5 Å². The summed E-state index contributed by atoms with van der Waals surface area (Å²) >= 11 is 0. The van der Waals surface area contributed by atoms with Crippen LogP contribution in [0.1, 0.15) is 12.5 Å². The van der Waals surface area contributed by atoms with Crippen LogP contribution in [0.25, 0.3) is 0 Å². The topological polar surface area (TPSA) is 87.7 Å². The van der Waals surface area contributed by atoms with Gasteiger partial charge in [-0.25, -0.2) is 10.1 Å². The molecule has 0 aromatic heterocycles. The Bertz CT molecular complexity index is 408. The predicted molar refractivity (Wildman–Crippen MR) is 58.6 cm³/mol. The van der Waals surface area contributed by atoms with Gasteiger partial charge in [0, 0.05) is 6.92 Å². The van der Waals surface area contributed by atoms with Crippen LogP contribution >= 0.6 is 7.82 Å². The minimum atomic E-state index is -4.47. The van der Waals surface area contributed by atoms with Gasteiger partial charge in [0.15, 0.2) is 0 Å². The van der Waals surface area contributed by atoms with Gasteiger partial charge in [-0.05, 0) is 12.0 Å². The number of phosphoric ester groups is 1. The number of carbonyl (C=O) groups excluding carboxylic acids is 1. The maximum absolute atomic E-state index is 11.1. The Labute approximate surface area is 99.1 Å². The molecule has 0 saturated carbocycles. The van der Waals surface area contributed by atoms with Crippen LogP contribution in [0.2, 0.25) is 0 Å². The molecule has 94 valence electrons. The summed E-state index contributed by atoms with van der Waals surface area (Å²) in [6.07, 6.45) is 0.441. The molecule has 0 fully saturated rings. The van der Waals surface area contributed by atoms with E-state index in [4.69, 9.17) is 0 Å². The van der Waals surface area contributed by atoms with Crippen LogP contribution in [0.5, 0.6) is 0 Å². The number of hydrogen-bond donors (Lipinski definition) is 1. The Balaban J connectivity index is 2.30. The van der Waals surface area contributed by atoms with Crippen LogP contribution in [0.3, 0.4) is 0 Å². The second-order valence-electron chi connectivity index (χ2n) is 3.27. The third-order valence-corrected chi connectivity index (χ3v) is 2.60. The zero-order valence-electron chi connectivity index (χ0n) is 9.29. The zero-order valence-corrected chi connectivity index (χ0v) is 10.2. The lowest BCUT2D eigenvalue weighted by Crippen LogP contribution is -2.23. The summed E-state index contributed by atoms with van der Waals surface area (Å²) in [6, 6.07) is 9.27. The van der Waals surface area contributed by atoms with Gasteiger partial charge in [-0.15, -0.1) is 0 Å². The Morgan fingerprint density at radius 2 is 2.06 bits per heavy atom. The first-order chi connectivity index (χ1) is 7.99. The van der Waals surface area contributed by atoms with E-state index in [9.17, 15) is 14.3 Å². The van der Waals surface area contributed by atoms with Gasteiger partial charge in [0.2, 0.25) is 5.91 Å². The molecule has 1 rings (SSSR count). The molecule has 0 aliphatic heterocycles. The van der Waals surface area contributed by atoms with E-state index >= 15 is 0 Å². The smallest absolute Gasteiger partial charge is 0.290 e. The van der Waals surface area contributed by atoms with Crippen molar-refractivity contribution in [3.8, 4) is 0 Å². The highest BCUT2D eigenvalue weighted by molar-refractivity contribution is 7.45. The Kier molecular flexibility index (Phi) is 5.31. The lowest BCUT2D eigenvalue weighted by atomic mass is 10.2. The van der Waals surface area contributed by atoms with Gasteiger partial charge in [-0.2, -0.15) is 0 Å². The van der Waals surface area contributed by atoms with Crippen LogP contribution in [0, 0.1) is 0 Å². The number of carbonyl (C=O) groups is 1. The van der Waals surface area contributed by atoms with Gasteiger partial charge >= 0.3 is 0 Å². The molecule has 7 heteroatoms. The molecule has 0 bridgehead atoms. The maximum Gasteiger partial charge on any atom is 0.290 e. The molecule has 1 aromatic carbocycles. The van der Waals surface area contributed by atoms with Crippen molar-refractivity contribution in [1.82, 2.24) is 5.48 Å². The van der Waals surface area contributed by atoms with Crippen molar-refractivity contribution in [2.75, 3.05) is 6.61 Å². The molecule has 0 heterocycles. The fourth-order valence-corrected chi connectivity index (χ4v) is 1.67.